The standard InChI is InChI=1S/C19H17N3O5S2/c1-27-18(24)13-6-7-15-16(11-13)29-19(21(15)8-9-28-2)20-17(23)12-4-3-5-14(10-12)22(25)26/h3-7,10-11H,8-9H2,1-2H3. The Bertz CT molecular complexity index is 1170. The Morgan fingerprint density at radius 2 is 2.03 bits per heavy atom. The van der Waals surface area contributed by atoms with Crippen LogP contribution in [0.15, 0.2) is 47.5 Å². The first kappa shape index (κ1) is 20.7. The lowest BCUT2D eigenvalue weighted by Gasteiger charge is -2.04. The molecule has 0 bridgehead atoms. The number of aryl methyl sites for hydroxylation is 1. The van der Waals surface area contributed by atoms with Gasteiger partial charge < -0.3 is 9.30 Å². The Kier molecular flexibility index (Phi) is 6.45. The molecule has 0 atom stereocenters. The van der Waals surface area contributed by atoms with Crippen molar-refractivity contribution in [1.29, 1.82) is 0 Å². The minimum atomic E-state index is -0.564. The van der Waals surface area contributed by atoms with Crippen LogP contribution in [0.2, 0.25) is 0 Å². The van der Waals surface area contributed by atoms with Crippen molar-refractivity contribution in [3.63, 3.8) is 0 Å². The quantitative estimate of drug-likeness (QED) is 0.336. The summed E-state index contributed by atoms with van der Waals surface area (Å²) in [6.45, 7) is 0.625. The lowest BCUT2D eigenvalue weighted by molar-refractivity contribution is -0.384. The van der Waals surface area contributed by atoms with Crippen molar-refractivity contribution in [2.45, 2.75) is 6.54 Å². The number of nitro benzene ring substituents is 1. The minimum absolute atomic E-state index is 0.142. The fourth-order valence-electron chi connectivity index (χ4n) is 2.71. The molecule has 1 aromatic heterocycles. The number of hydrogen-bond donors (Lipinski definition) is 0. The predicted molar refractivity (Wildman–Crippen MR) is 113 cm³/mol. The Morgan fingerprint density at radius 1 is 1.24 bits per heavy atom. The highest BCUT2D eigenvalue weighted by molar-refractivity contribution is 7.98. The van der Waals surface area contributed by atoms with E-state index in [1.807, 2.05) is 10.8 Å². The normalized spacial score (nSPS) is 11.6. The second-order valence-electron chi connectivity index (χ2n) is 5.93. The number of rotatable bonds is 6. The van der Waals surface area contributed by atoms with E-state index in [0.717, 1.165) is 16.0 Å². The van der Waals surface area contributed by atoms with Gasteiger partial charge in [0.25, 0.3) is 11.6 Å². The molecule has 3 rings (SSSR count). The van der Waals surface area contributed by atoms with E-state index in [2.05, 4.69) is 4.99 Å². The van der Waals surface area contributed by atoms with Crippen LogP contribution in [-0.4, -0.2) is 40.5 Å². The number of non-ortho nitro benzene ring substituents is 1. The number of nitrogens with zero attached hydrogens (tertiary/aromatic N) is 3. The van der Waals surface area contributed by atoms with Crippen molar-refractivity contribution in [2.24, 2.45) is 4.99 Å². The fraction of sp³-hybridized carbons (Fsp3) is 0.211. The number of ether oxygens (including phenoxy) is 1. The SMILES string of the molecule is COC(=O)c1ccc2c(c1)sc(=NC(=O)c1cccc([N+](=O)[O-])c1)n2CCSC. The molecule has 0 radical (unpaired) electrons. The van der Waals surface area contributed by atoms with Gasteiger partial charge in [0.05, 0.1) is 27.8 Å². The molecule has 150 valence electrons. The average molecular weight is 431 g/mol. The monoisotopic (exact) mass is 431 g/mol. The van der Waals surface area contributed by atoms with E-state index in [0.29, 0.717) is 16.9 Å². The zero-order valence-electron chi connectivity index (χ0n) is 15.7. The van der Waals surface area contributed by atoms with Gasteiger partial charge in [-0.15, -0.1) is 0 Å². The zero-order chi connectivity index (χ0) is 21.0. The van der Waals surface area contributed by atoms with Gasteiger partial charge in [-0.2, -0.15) is 16.8 Å². The molecule has 0 unspecified atom stereocenters. The first-order valence-electron chi connectivity index (χ1n) is 8.48. The first-order chi connectivity index (χ1) is 13.9. The highest BCUT2D eigenvalue weighted by Gasteiger charge is 2.14. The molecule has 0 fully saturated rings. The van der Waals surface area contributed by atoms with Gasteiger partial charge in [0.2, 0.25) is 0 Å². The Hall–Kier alpha value is -2.98. The summed E-state index contributed by atoms with van der Waals surface area (Å²) in [5.74, 6) is -0.198. The number of hydrogen-bond acceptors (Lipinski definition) is 7. The van der Waals surface area contributed by atoms with E-state index >= 15 is 0 Å². The van der Waals surface area contributed by atoms with E-state index in [1.165, 1.54) is 42.7 Å². The van der Waals surface area contributed by atoms with Crippen LogP contribution in [0, 0.1) is 10.1 Å². The Morgan fingerprint density at radius 3 is 2.72 bits per heavy atom. The van der Waals surface area contributed by atoms with Crippen LogP contribution < -0.4 is 4.80 Å². The molecular weight excluding hydrogens is 414 g/mol. The molecule has 0 saturated heterocycles. The zero-order valence-corrected chi connectivity index (χ0v) is 17.3. The van der Waals surface area contributed by atoms with Crippen LogP contribution in [0.4, 0.5) is 5.69 Å². The summed E-state index contributed by atoms with van der Waals surface area (Å²) in [5, 5.41) is 11.0. The highest BCUT2D eigenvalue weighted by Crippen LogP contribution is 2.21. The van der Waals surface area contributed by atoms with Gasteiger partial charge in [-0.1, -0.05) is 17.4 Å². The average Bonchev–Trinajstić information content (AvgIpc) is 3.07. The van der Waals surface area contributed by atoms with E-state index < -0.39 is 16.8 Å². The Labute approximate surface area is 174 Å². The number of methoxy groups -OCH3 is 1. The molecule has 0 aliphatic carbocycles. The van der Waals surface area contributed by atoms with Crippen molar-refractivity contribution in [3.05, 3.63) is 68.5 Å². The van der Waals surface area contributed by atoms with E-state index in [1.54, 1.807) is 30.0 Å². The smallest absolute Gasteiger partial charge is 0.337 e. The molecule has 1 heterocycles. The number of fused-ring (bicyclic) bond motifs is 1. The summed E-state index contributed by atoms with van der Waals surface area (Å²) in [4.78, 5) is 39.5. The summed E-state index contributed by atoms with van der Waals surface area (Å²) < 4.78 is 7.46. The van der Waals surface area contributed by atoms with E-state index in [4.69, 9.17) is 4.74 Å². The lowest BCUT2D eigenvalue weighted by Crippen LogP contribution is -2.18. The summed E-state index contributed by atoms with van der Waals surface area (Å²) in [5.41, 5.74) is 1.24. The summed E-state index contributed by atoms with van der Waals surface area (Å²) in [7, 11) is 1.32. The van der Waals surface area contributed by atoms with E-state index in [-0.39, 0.29) is 11.3 Å². The van der Waals surface area contributed by atoms with Crippen molar-refractivity contribution < 1.29 is 19.2 Å². The largest absolute Gasteiger partial charge is 0.465 e. The van der Waals surface area contributed by atoms with Crippen LogP contribution in [0.3, 0.4) is 0 Å². The summed E-state index contributed by atoms with van der Waals surface area (Å²) >= 11 is 2.93. The summed E-state index contributed by atoms with van der Waals surface area (Å²) in [6.07, 6.45) is 1.98. The van der Waals surface area contributed by atoms with Crippen molar-refractivity contribution in [1.82, 2.24) is 4.57 Å². The molecule has 0 aliphatic rings. The number of esters is 1. The first-order valence-corrected chi connectivity index (χ1v) is 10.7. The number of aromatic nitrogens is 1. The lowest BCUT2D eigenvalue weighted by atomic mass is 10.2. The molecule has 10 heteroatoms. The second kappa shape index (κ2) is 9.01. The number of carbonyl (C=O) groups is 2. The van der Waals surface area contributed by atoms with Gasteiger partial charge in [-0.05, 0) is 30.5 Å². The van der Waals surface area contributed by atoms with E-state index in [9.17, 15) is 19.7 Å². The molecule has 2 aromatic carbocycles. The van der Waals surface area contributed by atoms with Crippen LogP contribution in [0.5, 0.6) is 0 Å². The topological polar surface area (TPSA) is 104 Å². The number of thiazole rings is 1. The highest BCUT2D eigenvalue weighted by atomic mass is 32.2. The van der Waals surface area contributed by atoms with Gasteiger partial charge >= 0.3 is 5.97 Å². The number of amides is 1. The molecule has 0 N–H and O–H groups in total. The van der Waals surface area contributed by atoms with Gasteiger partial charge in [-0.3, -0.25) is 14.9 Å². The third kappa shape index (κ3) is 4.54. The summed E-state index contributed by atoms with van der Waals surface area (Å²) in [6, 6.07) is 10.7. The van der Waals surface area contributed by atoms with Crippen molar-refractivity contribution in [2.75, 3.05) is 19.1 Å². The number of carbonyl (C=O) groups excluding carboxylic acids is 2. The van der Waals surface area contributed by atoms with Crippen molar-refractivity contribution >= 4 is 50.9 Å². The van der Waals surface area contributed by atoms with Crippen LogP contribution in [0.25, 0.3) is 10.2 Å². The maximum absolute atomic E-state index is 12.6. The second-order valence-corrected chi connectivity index (χ2v) is 7.92. The molecule has 0 spiro atoms. The van der Waals surface area contributed by atoms with Gasteiger partial charge in [-0.25, -0.2) is 4.79 Å². The predicted octanol–water partition coefficient (Wildman–Crippen LogP) is 3.50. The molecule has 0 saturated carbocycles. The molecule has 29 heavy (non-hydrogen) atoms. The molecular formula is C19H17N3O5S2. The minimum Gasteiger partial charge on any atom is -0.465 e. The number of thioether (sulfide) groups is 1. The van der Waals surface area contributed by atoms with Gasteiger partial charge in [0.1, 0.15) is 0 Å². The number of benzene rings is 2. The van der Waals surface area contributed by atoms with Crippen LogP contribution in [0.1, 0.15) is 20.7 Å². The van der Waals surface area contributed by atoms with Crippen molar-refractivity contribution in [3.8, 4) is 0 Å². The molecule has 0 aliphatic heterocycles. The number of nitro groups is 1. The molecule has 3 aromatic rings. The van der Waals surface area contributed by atoms with Gasteiger partial charge in [0, 0.05) is 30.0 Å². The molecule has 8 nitrogen and oxygen atoms in total. The fourth-order valence-corrected chi connectivity index (χ4v) is 4.16. The maximum atomic E-state index is 12.6. The van der Waals surface area contributed by atoms with Gasteiger partial charge in [0.15, 0.2) is 4.80 Å². The third-order valence-electron chi connectivity index (χ3n) is 4.12. The Balaban J connectivity index is 2.10. The molecule has 1 amide bonds. The van der Waals surface area contributed by atoms with Crippen LogP contribution >= 0.6 is 23.1 Å². The third-order valence-corrected chi connectivity index (χ3v) is 5.76. The van der Waals surface area contributed by atoms with Crippen LogP contribution in [-0.2, 0) is 11.3 Å². The maximum Gasteiger partial charge on any atom is 0.337 e.